The highest BCUT2D eigenvalue weighted by Crippen LogP contribution is 2.60. The van der Waals surface area contributed by atoms with E-state index in [-0.39, 0.29) is 0 Å². The van der Waals surface area contributed by atoms with Gasteiger partial charge in [0.15, 0.2) is 0 Å². The molecule has 5 rings (SSSR count). The number of aromatic nitrogens is 2. The Kier molecular flexibility index (Phi) is 3.20. The number of anilines is 1. The number of hydrogen-bond acceptors (Lipinski definition) is 3. The standard InChI is InChI=1S/C16H22IN3/c1-2-18-14-13(17)9-19-15(20-14)16-6-10-3-11(7-16)5-12(4-10)8-16/h9-12H,2-8H2,1H3,(H,18,19,20). The molecular formula is C16H22IN3. The van der Waals surface area contributed by atoms with E-state index in [1.165, 1.54) is 38.5 Å². The lowest BCUT2D eigenvalue weighted by atomic mass is 9.49. The summed E-state index contributed by atoms with van der Waals surface area (Å²) < 4.78 is 1.14. The Labute approximate surface area is 134 Å². The summed E-state index contributed by atoms with van der Waals surface area (Å²) >= 11 is 2.33. The highest BCUT2D eigenvalue weighted by atomic mass is 127. The van der Waals surface area contributed by atoms with Crippen molar-refractivity contribution in [1.82, 2.24) is 9.97 Å². The number of halogens is 1. The molecule has 4 aliphatic carbocycles. The molecule has 0 aliphatic heterocycles. The number of rotatable bonds is 3. The van der Waals surface area contributed by atoms with Gasteiger partial charge in [-0.25, -0.2) is 9.97 Å². The first-order valence-electron chi connectivity index (χ1n) is 7.95. The van der Waals surface area contributed by atoms with E-state index < -0.39 is 0 Å². The minimum Gasteiger partial charge on any atom is -0.369 e. The molecule has 1 heterocycles. The van der Waals surface area contributed by atoms with Crippen molar-refractivity contribution < 1.29 is 0 Å². The van der Waals surface area contributed by atoms with Crippen molar-refractivity contribution >= 4 is 28.4 Å². The Morgan fingerprint density at radius 3 is 2.35 bits per heavy atom. The lowest BCUT2D eigenvalue weighted by Crippen LogP contribution is -2.49. The van der Waals surface area contributed by atoms with Gasteiger partial charge in [0, 0.05) is 18.2 Å². The van der Waals surface area contributed by atoms with Crippen LogP contribution in [-0.2, 0) is 5.41 Å². The molecule has 0 spiro atoms. The van der Waals surface area contributed by atoms with Gasteiger partial charge in [-0.1, -0.05) is 0 Å². The molecular weight excluding hydrogens is 361 g/mol. The molecule has 4 bridgehead atoms. The van der Waals surface area contributed by atoms with Crippen LogP contribution in [0.4, 0.5) is 5.82 Å². The maximum absolute atomic E-state index is 4.92. The predicted octanol–water partition coefficient (Wildman–Crippen LogP) is 3.98. The Morgan fingerprint density at radius 1 is 1.20 bits per heavy atom. The van der Waals surface area contributed by atoms with Crippen LogP contribution in [0.15, 0.2) is 6.20 Å². The topological polar surface area (TPSA) is 37.8 Å². The first kappa shape index (κ1) is 13.3. The monoisotopic (exact) mass is 383 g/mol. The Morgan fingerprint density at radius 2 is 1.80 bits per heavy atom. The number of hydrogen-bond donors (Lipinski definition) is 1. The van der Waals surface area contributed by atoms with E-state index in [0.29, 0.717) is 5.41 Å². The number of nitrogens with zero attached hydrogens (tertiary/aromatic N) is 2. The summed E-state index contributed by atoms with van der Waals surface area (Å²) in [5.74, 6) is 5.02. The number of nitrogens with one attached hydrogen (secondary N) is 1. The summed E-state index contributed by atoms with van der Waals surface area (Å²) in [5.41, 5.74) is 0.309. The lowest BCUT2D eigenvalue weighted by Gasteiger charge is -2.56. The first-order valence-corrected chi connectivity index (χ1v) is 9.03. The molecule has 0 radical (unpaired) electrons. The molecule has 0 aromatic carbocycles. The van der Waals surface area contributed by atoms with E-state index in [1.54, 1.807) is 0 Å². The third-order valence-corrected chi connectivity index (χ3v) is 6.39. The van der Waals surface area contributed by atoms with Crippen LogP contribution in [0, 0.1) is 21.3 Å². The van der Waals surface area contributed by atoms with E-state index in [2.05, 4.69) is 34.8 Å². The van der Waals surface area contributed by atoms with Crippen LogP contribution < -0.4 is 5.32 Å². The highest BCUT2D eigenvalue weighted by molar-refractivity contribution is 14.1. The second kappa shape index (κ2) is 4.82. The van der Waals surface area contributed by atoms with Crippen LogP contribution in [0.1, 0.15) is 51.3 Å². The molecule has 0 amide bonds. The molecule has 4 heteroatoms. The zero-order valence-corrected chi connectivity index (χ0v) is 14.2. The van der Waals surface area contributed by atoms with E-state index in [9.17, 15) is 0 Å². The van der Waals surface area contributed by atoms with Crippen molar-refractivity contribution in [2.24, 2.45) is 17.8 Å². The van der Waals surface area contributed by atoms with Crippen LogP contribution in [0.3, 0.4) is 0 Å². The zero-order valence-electron chi connectivity index (χ0n) is 12.0. The SMILES string of the molecule is CCNc1nc(C23CC4CC(CC(C4)C2)C3)ncc1I. The van der Waals surface area contributed by atoms with Gasteiger partial charge in [-0.15, -0.1) is 0 Å². The van der Waals surface area contributed by atoms with Crippen LogP contribution in [-0.4, -0.2) is 16.5 Å². The van der Waals surface area contributed by atoms with Crippen molar-refractivity contribution in [3.8, 4) is 0 Å². The average Bonchev–Trinajstić information content (AvgIpc) is 2.40. The molecule has 0 atom stereocenters. The summed E-state index contributed by atoms with van der Waals surface area (Å²) in [6.45, 7) is 3.05. The maximum Gasteiger partial charge on any atom is 0.143 e. The van der Waals surface area contributed by atoms with Crippen molar-refractivity contribution in [2.75, 3.05) is 11.9 Å². The van der Waals surface area contributed by atoms with Gasteiger partial charge in [-0.3, -0.25) is 0 Å². The van der Waals surface area contributed by atoms with E-state index >= 15 is 0 Å². The molecule has 0 saturated heterocycles. The van der Waals surface area contributed by atoms with Gasteiger partial charge in [-0.05, 0) is 85.8 Å². The van der Waals surface area contributed by atoms with Gasteiger partial charge in [-0.2, -0.15) is 0 Å². The van der Waals surface area contributed by atoms with Gasteiger partial charge < -0.3 is 5.32 Å². The summed E-state index contributed by atoms with van der Waals surface area (Å²) in [6, 6.07) is 0. The molecule has 3 nitrogen and oxygen atoms in total. The third-order valence-electron chi connectivity index (χ3n) is 5.60. The summed E-state index contributed by atoms with van der Waals surface area (Å²) in [4.78, 5) is 9.67. The smallest absolute Gasteiger partial charge is 0.143 e. The third kappa shape index (κ3) is 2.06. The lowest BCUT2D eigenvalue weighted by molar-refractivity contribution is -0.00935. The molecule has 4 fully saturated rings. The Hall–Kier alpha value is -0.390. The minimum atomic E-state index is 0.309. The van der Waals surface area contributed by atoms with Crippen molar-refractivity contribution in [3.63, 3.8) is 0 Å². The van der Waals surface area contributed by atoms with Gasteiger partial charge in [0.2, 0.25) is 0 Å². The Bertz CT molecular complexity index is 493. The predicted molar refractivity (Wildman–Crippen MR) is 88.8 cm³/mol. The van der Waals surface area contributed by atoms with Gasteiger partial charge in [0.05, 0.1) is 3.57 Å². The van der Waals surface area contributed by atoms with E-state index in [1.807, 2.05) is 6.20 Å². The highest BCUT2D eigenvalue weighted by Gasteiger charge is 2.53. The van der Waals surface area contributed by atoms with Crippen LogP contribution in [0.5, 0.6) is 0 Å². The normalized spacial score (nSPS) is 38.2. The zero-order chi connectivity index (χ0) is 13.7. The van der Waals surface area contributed by atoms with Crippen LogP contribution in [0.2, 0.25) is 0 Å². The molecule has 1 aromatic heterocycles. The van der Waals surface area contributed by atoms with Crippen molar-refractivity contribution in [3.05, 3.63) is 15.6 Å². The van der Waals surface area contributed by atoms with Crippen molar-refractivity contribution in [2.45, 2.75) is 50.9 Å². The fourth-order valence-corrected chi connectivity index (χ4v) is 5.75. The largest absolute Gasteiger partial charge is 0.369 e. The van der Waals surface area contributed by atoms with Gasteiger partial charge in [0.1, 0.15) is 11.6 Å². The molecule has 1 N–H and O–H groups in total. The fourth-order valence-electron chi connectivity index (χ4n) is 5.30. The van der Waals surface area contributed by atoms with Crippen LogP contribution in [0.25, 0.3) is 0 Å². The fraction of sp³-hybridized carbons (Fsp3) is 0.750. The quantitative estimate of drug-likeness (QED) is 0.803. The second-order valence-corrected chi connectivity index (χ2v) is 8.28. The molecule has 4 aliphatic rings. The van der Waals surface area contributed by atoms with E-state index in [4.69, 9.17) is 9.97 Å². The van der Waals surface area contributed by atoms with Crippen LogP contribution >= 0.6 is 22.6 Å². The summed E-state index contributed by atoms with van der Waals surface area (Å²) in [6.07, 6.45) is 10.5. The molecule has 0 unspecified atom stereocenters. The van der Waals surface area contributed by atoms with E-state index in [0.717, 1.165) is 39.5 Å². The maximum atomic E-state index is 4.92. The first-order chi connectivity index (χ1) is 9.68. The summed E-state index contributed by atoms with van der Waals surface area (Å²) in [5, 5.41) is 3.39. The second-order valence-electron chi connectivity index (χ2n) is 7.12. The Balaban J connectivity index is 1.71. The molecule has 108 valence electrons. The van der Waals surface area contributed by atoms with Gasteiger partial charge in [0.25, 0.3) is 0 Å². The molecule has 4 saturated carbocycles. The molecule has 20 heavy (non-hydrogen) atoms. The minimum absolute atomic E-state index is 0.309. The average molecular weight is 383 g/mol. The van der Waals surface area contributed by atoms with Crippen molar-refractivity contribution in [1.29, 1.82) is 0 Å². The molecule has 1 aromatic rings. The summed E-state index contributed by atoms with van der Waals surface area (Å²) in [7, 11) is 0. The van der Waals surface area contributed by atoms with Gasteiger partial charge >= 0.3 is 0 Å².